The van der Waals surface area contributed by atoms with Gasteiger partial charge in [0.2, 0.25) is 0 Å². The third kappa shape index (κ3) is 3.78. The van der Waals surface area contributed by atoms with Crippen molar-refractivity contribution in [2.75, 3.05) is 25.5 Å². The molecule has 0 aromatic heterocycles. The van der Waals surface area contributed by atoms with Crippen molar-refractivity contribution in [2.45, 2.75) is 38.3 Å². The fraction of sp³-hybridized carbons (Fsp3) is 0.409. The minimum atomic E-state index is -0.505. The zero-order valence-corrected chi connectivity index (χ0v) is 15.9. The molecule has 0 aliphatic carbocycles. The molecular weight excluding hydrogens is 340 g/mol. The second-order valence-electron chi connectivity index (χ2n) is 7.39. The number of likely N-dealkylation sites (tertiary alicyclic amines) is 1. The molecule has 5 nitrogen and oxygen atoms in total. The number of methoxy groups -OCH3 is 1. The van der Waals surface area contributed by atoms with Crippen molar-refractivity contribution in [3.63, 3.8) is 0 Å². The van der Waals surface area contributed by atoms with Crippen molar-refractivity contribution in [3.05, 3.63) is 53.6 Å². The van der Waals surface area contributed by atoms with Gasteiger partial charge in [-0.15, -0.1) is 0 Å². The van der Waals surface area contributed by atoms with Crippen LogP contribution in [-0.4, -0.2) is 37.1 Å². The summed E-state index contributed by atoms with van der Waals surface area (Å²) in [5.41, 5.74) is 3.27. The van der Waals surface area contributed by atoms with E-state index >= 15 is 0 Å². The quantitative estimate of drug-likeness (QED) is 0.894. The van der Waals surface area contributed by atoms with E-state index in [0.717, 1.165) is 25.2 Å². The Kier molecular flexibility index (Phi) is 5.03. The third-order valence-corrected chi connectivity index (χ3v) is 5.52. The molecule has 1 saturated heterocycles. The first kappa shape index (κ1) is 17.9. The highest BCUT2D eigenvalue weighted by Crippen LogP contribution is 2.40. The molecule has 27 heavy (non-hydrogen) atoms. The van der Waals surface area contributed by atoms with Gasteiger partial charge in [-0.2, -0.15) is 0 Å². The van der Waals surface area contributed by atoms with Gasteiger partial charge in [-0.05, 0) is 62.0 Å². The standard InChI is InChI=1S/C22H26N2O3/c1-15-22(25)23-19-12-16(13-20(26-2)21(19)27-15)14-24-10-8-18(9-11-24)17-6-4-3-5-7-17/h3-7,12-13,15,18H,8-11,14H2,1-2H3,(H,23,25). The Labute approximate surface area is 160 Å². The first-order chi connectivity index (χ1) is 13.1. The van der Waals surface area contributed by atoms with Gasteiger partial charge < -0.3 is 14.8 Å². The van der Waals surface area contributed by atoms with E-state index in [2.05, 4.69) is 40.5 Å². The van der Waals surface area contributed by atoms with Gasteiger partial charge in [0, 0.05) is 6.54 Å². The predicted molar refractivity (Wildman–Crippen MR) is 105 cm³/mol. The third-order valence-electron chi connectivity index (χ3n) is 5.52. The molecule has 4 rings (SSSR count). The van der Waals surface area contributed by atoms with Gasteiger partial charge in [-0.1, -0.05) is 30.3 Å². The number of hydrogen-bond acceptors (Lipinski definition) is 4. The summed E-state index contributed by atoms with van der Waals surface area (Å²) in [6.07, 6.45) is 1.83. The molecule has 2 aliphatic heterocycles. The van der Waals surface area contributed by atoms with Crippen molar-refractivity contribution >= 4 is 11.6 Å². The molecule has 1 atom stereocenters. The fourth-order valence-electron chi connectivity index (χ4n) is 3.99. The van der Waals surface area contributed by atoms with Crippen LogP contribution >= 0.6 is 0 Å². The lowest BCUT2D eigenvalue weighted by molar-refractivity contribution is -0.122. The fourth-order valence-corrected chi connectivity index (χ4v) is 3.99. The van der Waals surface area contributed by atoms with Crippen molar-refractivity contribution in [1.82, 2.24) is 4.90 Å². The highest BCUT2D eigenvalue weighted by molar-refractivity contribution is 5.98. The number of carbonyl (C=O) groups excluding carboxylic acids is 1. The van der Waals surface area contributed by atoms with Crippen LogP contribution in [0, 0.1) is 0 Å². The smallest absolute Gasteiger partial charge is 0.265 e. The van der Waals surface area contributed by atoms with Crippen molar-refractivity contribution in [1.29, 1.82) is 0 Å². The Morgan fingerprint density at radius 2 is 1.93 bits per heavy atom. The van der Waals surface area contributed by atoms with Crippen LogP contribution in [0.25, 0.3) is 0 Å². The number of piperidine rings is 1. The van der Waals surface area contributed by atoms with Gasteiger partial charge in [-0.25, -0.2) is 0 Å². The molecule has 2 aromatic rings. The molecule has 2 aromatic carbocycles. The summed E-state index contributed by atoms with van der Waals surface area (Å²) in [5.74, 6) is 1.82. The monoisotopic (exact) mass is 366 g/mol. The second-order valence-corrected chi connectivity index (χ2v) is 7.39. The highest BCUT2D eigenvalue weighted by atomic mass is 16.5. The number of benzene rings is 2. The lowest BCUT2D eigenvalue weighted by Crippen LogP contribution is -2.35. The molecule has 5 heteroatoms. The first-order valence-corrected chi connectivity index (χ1v) is 9.60. The molecule has 2 aliphatic rings. The summed E-state index contributed by atoms with van der Waals surface area (Å²) in [4.78, 5) is 14.4. The topological polar surface area (TPSA) is 50.8 Å². The molecule has 1 N–H and O–H groups in total. The van der Waals surface area contributed by atoms with Crippen molar-refractivity contribution in [2.24, 2.45) is 0 Å². The van der Waals surface area contributed by atoms with Crippen LogP contribution in [0.5, 0.6) is 11.5 Å². The van der Waals surface area contributed by atoms with E-state index in [-0.39, 0.29) is 5.91 Å². The molecule has 2 heterocycles. The molecule has 1 amide bonds. The summed E-state index contributed by atoms with van der Waals surface area (Å²) in [5, 5.41) is 2.93. The molecule has 1 fully saturated rings. The normalized spacial score (nSPS) is 20.5. The van der Waals surface area contributed by atoms with Crippen LogP contribution in [-0.2, 0) is 11.3 Å². The molecule has 142 valence electrons. The molecule has 1 unspecified atom stereocenters. The average Bonchev–Trinajstić information content (AvgIpc) is 2.70. The highest BCUT2D eigenvalue weighted by Gasteiger charge is 2.28. The molecule has 0 saturated carbocycles. The van der Waals surface area contributed by atoms with E-state index in [0.29, 0.717) is 23.1 Å². The van der Waals surface area contributed by atoms with Crippen LogP contribution in [0.2, 0.25) is 0 Å². The van der Waals surface area contributed by atoms with Gasteiger partial charge >= 0.3 is 0 Å². The maximum atomic E-state index is 11.9. The van der Waals surface area contributed by atoms with E-state index < -0.39 is 6.10 Å². The van der Waals surface area contributed by atoms with E-state index in [1.807, 2.05) is 12.1 Å². The summed E-state index contributed by atoms with van der Waals surface area (Å²) in [6, 6.07) is 14.8. The summed E-state index contributed by atoms with van der Waals surface area (Å²) in [7, 11) is 1.63. The average molecular weight is 366 g/mol. The van der Waals surface area contributed by atoms with Crippen LogP contribution in [0.3, 0.4) is 0 Å². The first-order valence-electron chi connectivity index (χ1n) is 9.60. The molecule has 0 radical (unpaired) electrons. The predicted octanol–water partition coefficient (Wildman–Crippen LogP) is 3.79. The Bertz CT molecular complexity index is 814. The Hall–Kier alpha value is -2.53. The summed E-state index contributed by atoms with van der Waals surface area (Å²) < 4.78 is 11.2. The number of anilines is 1. The number of amides is 1. The lowest BCUT2D eigenvalue weighted by Gasteiger charge is -2.32. The number of ether oxygens (including phenoxy) is 2. The number of fused-ring (bicyclic) bond motifs is 1. The van der Waals surface area contributed by atoms with Gasteiger partial charge in [0.1, 0.15) is 0 Å². The number of nitrogens with one attached hydrogen (secondary N) is 1. The lowest BCUT2D eigenvalue weighted by atomic mass is 9.89. The molecule has 0 bridgehead atoms. The largest absolute Gasteiger partial charge is 0.493 e. The van der Waals surface area contributed by atoms with Crippen molar-refractivity contribution < 1.29 is 14.3 Å². The maximum absolute atomic E-state index is 11.9. The SMILES string of the molecule is COc1cc(CN2CCC(c3ccccc3)CC2)cc2c1OC(C)C(=O)N2. The van der Waals surface area contributed by atoms with E-state index in [1.165, 1.54) is 18.4 Å². The zero-order chi connectivity index (χ0) is 18.8. The summed E-state index contributed by atoms with van der Waals surface area (Å²) >= 11 is 0. The molecular formula is C22H26N2O3. The minimum absolute atomic E-state index is 0.120. The number of carbonyl (C=O) groups is 1. The number of nitrogens with zero attached hydrogens (tertiary/aromatic N) is 1. The maximum Gasteiger partial charge on any atom is 0.265 e. The van der Waals surface area contributed by atoms with Crippen LogP contribution in [0.15, 0.2) is 42.5 Å². The number of hydrogen-bond donors (Lipinski definition) is 1. The minimum Gasteiger partial charge on any atom is -0.493 e. The van der Waals surface area contributed by atoms with E-state index in [4.69, 9.17) is 9.47 Å². The van der Waals surface area contributed by atoms with E-state index in [9.17, 15) is 4.79 Å². The molecule has 0 spiro atoms. The zero-order valence-electron chi connectivity index (χ0n) is 15.9. The van der Waals surface area contributed by atoms with Gasteiger partial charge in [0.05, 0.1) is 12.8 Å². The van der Waals surface area contributed by atoms with Crippen LogP contribution in [0.4, 0.5) is 5.69 Å². The Morgan fingerprint density at radius 1 is 1.19 bits per heavy atom. The van der Waals surface area contributed by atoms with Crippen LogP contribution < -0.4 is 14.8 Å². The van der Waals surface area contributed by atoms with Gasteiger partial charge in [-0.3, -0.25) is 9.69 Å². The van der Waals surface area contributed by atoms with Gasteiger partial charge in [0.15, 0.2) is 17.6 Å². The Balaban J connectivity index is 1.45. The van der Waals surface area contributed by atoms with E-state index in [1.54, 1.807) is 14.0 Å². The summed E-state index contributed by atoms with van der Waals surface area (Å²) in [6.45, 7) is 4.72. The Morgan fingerprint density at radius 3 is 2.63 bits per heavy atom. The number of rotatable bonds is 4. The second kappa shape index (κ2) is 7.61. The van der Waals surface area contributed by atoms with Crippen LogP contribution in [0.1, 0.15) is 36.8 Å². The van der Waals surface area contributed by atoms with Gasteiger partial charge in [0.25, 0.3) is 5.91 Å². The van der Waals surface area contributed by atoms with Crippen molar-refractivity contribution in [3.8, 4) is 11.5 Å².